The van der Waals surface area contributed by atoms with Gasteiger partial charge in [0.05, 0.1) is 6.10 Å². The monoisotopic (exact) mass is 215 g/mol. The van der Waals surface area contributed by atoms with Gasteiger partial charge in [-0.25, -0.2) is 0 Å². The Kier molecular flexibility index (Phi) is 5.05. The van der Waals surface area contributed by atoms with Crippen LogP contribution in [0.15, 0.2) is 0 Å². The van der Waals surface area contributed by atoms with Gasteiger partial charge in [0, 0.05) is 18.5 Å². The highest BCUT2D eigenvalue weighted by Gasteiger charge is 2.20. The summed E-state index contributed by atoms with van der Waals surface area (Å²) in [6.45, 7) is 2.02. The topological polar surface area (TPSA) is 69.6 Å². The van der Waals surface area contributed by atoms with E-state index in [4.69, 9.17) is 5.11 Å². The molecular formula is C11H21NO3. The van der Waals surface area contributed by atoms with Gasteiger partial charge in [0.2, 0.25) is 0 Å². The summed E-state index contributed by atoms with van der Waals surface area (Å²) < 4.78 is 0. The molecule has 0 amide bonds. The van der Waals surface area contributed by atoms with Crippen LogP contribution >= 0.6 is 0 Å². The van der Waals surface area contributed by atoms with Crippen molar-refractivity contribution < 1.29 is 15.0 Å². The summed E-state index contributed by atoms with van der Waals surface area (Å²) in [5.41, 5.74) is 0. The van der Waals surface area contributed by atoms with Gasteiger partial charge in [-0.15, -0.1) is 0 Å². The van der Waals surface area contributed by atoms with E-state index in [1.165, 1.54) is 0 Å². The summed E-state index contributed by atoms with van der Waals surface area (Å²) in [5.74, 6) is -0.734. The SMILES string of the molecule is CC(CCC(=O)O)NC1CCC(O)CC1. The Morgan fingerprint density at radius 1 is 1.40 bits per heavy atom. The zero-order chi connectivity index (χ0) is 11.3. The lowest BCUT2D eigenvalue weighted by atomic mass is 9.92. The third kappa shape index (κ3) is 5.14. The first-order valence-corrected chi connectivity index (χ1v) is 5.74. The number of aliphatic hydroxyl groups excluding tert-OH is 1. The van der Waals surface area contributed by atoms with Gasteiger partial charge < -0.3 is 15.5 Å². The van der Waals surface area contributed by atoms with E-state index in [9.17, 15) is 9.90 Å². The number of hydrogen-bond acceptors (Lipinski definition) is 3. The molecule has 0 heterocycles. The molecule has 0 radical (unpaired) electrons. The number of carboxylic acid groups (broad SMARTS) is 1. The lowest BCUT2D eigenvalue weighted by molar-refractivity contribution is -0.137. The van der Waals surface area contributed by atoms with E-state index in [0.717, 1.165) is 25.7 Å². The van der Waals surface area contributed by atoms with Crippen LogP contribution in [0.3, 0.4) is 0 Å². The Morgan fingerprint density at radius 2 is 2.00 bits per heavy atom. The lowest BCUT2D eigenvalue weighted by Gasteiger charge is -2.28. The van der Waals surface area contributed by atoms with Crippen LogP contribution < -0.4 is 5.32 Å². The second-order valence-corrected chi connectivity index (χ2v) is 4.51. The predicted octanol–water partition coefficient (Wildman–Crippen LogP) is 1.13. The molecule has 1 aliphatic carbocycles. The van der Waals surface area contributed by atoms with Crippen LogP contribution in [0, 0.1) is 0 Å². The number of carbonyl (C=O) groups is 1. The standard InChI is InChI=1S/C11H21NO3/c1-8(2-7-11(14)15)12-9-3-5-10(13)6-4-9/h8-10,12-13H,2-7H2,1H3,(H,14,15). The molecule has 4 nitrogen and oxygen atoms in total. The van der Waals surface area contributed by atoms with Gasteiger partial charge in [-0.05, 0) is 39.0 Å². The Morgan fingerprint density at radius 3 is 2.53 bits per heavy atom. The maximum Gasteiger partial charge on any atom is 0.303 e. The fraction of sp³-hybridized carbons (Fsp3) is 0.909. The van der Waals surface area contributed by atoms with Crippen LogP contribution in [-0.2, 0) is 4.79 Å². The van der Waals surface area contributed by atoms with E-state index in [-0.39, 0.29) is 18.6 Å². The minimum Gasteiger partial charge on any atom is -0.481 e. The minimum atomic E-state index is -0.734. The summed E-state index contributed by atoms with van der Waals surface area (Å²) in [6.07, 6.45) is 4.50. The van der Waals surface area contributed by atoms with E-state index < -0.39 is 5.97 Å². The largest absolute Gasteiger partial charge is 0.481 e. The maximum atomic E-state index is 10.4. The second kappa shape index (κ2) is 6.08. The quantitative estimate of drug-likeness (QED) is 0.643. The molecule has 0 aromatic heterocycles. The van der Waals surface area contributed by atoms with Crippen molar-refractivity contribution in [2.45, 2.75) is 63.6 Å². The molecule has 1 rings (SSSR count). The zero-order valence-corrected chi connectivity index (χ0v) is 9.28. The molecule has 0 aromatic rings. The number of aliphatic carboxylic acids is 1. The molecule has 1 saturated carbocycles. The number of nitrogens with one attached hydrogen (secondary N) is 1. The van der Waals surface area contributed by atoms with Crippen molar-refractivity contribution in [1.82, 2.24) is 5.32 Å². The van der Waals surface area contributed by atoms with E-state index >= 15 is 0 Å². The Bertz CT molecular complexity index is 200. The zero-order valence-electron chi connectivity index (χ0n) is 9.28. The van der Waals surface area contributed by atoms with Crippen LogP contribution in [-0.4, -0.2) is 34.4 Å². The third-order valence-electron chi connectivity index (χ3n) is 3.01. The highest BCUT2D eigenvalue weighted by atomic mass is 16.4. The number of carboxylic acids is 1. The van der Waals surface area contributed by atoms with Crippen molar-refractivity contribution in [2.75, 3.05) is 0 Å². The van der Waals surface area contributed by atoms with Gasteiger partial charge in [0.1, 0.15) is 0 Å². The molecule has 3 N–H and O–H groups in total. The molecule has 0 aliphatic heterocycles. The second-order valence-electron chi connectivity index (χ2n) is 4.51. The average Bonchev–Trinajstić information content (AvgIpc) is 2.19. The van der Waals surface area contributed by atoms with Gasteiger partial charge >= 0.3 is 5.97 Å². The van der Waals surface area contributed by atoms with Gasteiger partial charge in [0.25, 0.3) is 0 Å². The van der Waals surface area contributed by atoms with Crippen LogP contribution in [0.4, 0.5) is 0 Å². The van der Waals surface area contributed by atoms with Crippen LogP contribution in [0.2, 0.25) is 0 Å². The van der Waals surface area contributed by atoms with E-state index in [1.54, 1.807) is 0 Å². The molecule has 15 heavy (non-hydrogen) atoms. The molecule has 1 unspecified atom stereocenters. The third-order valence-corrected chi connectivity index (χ3v) is 3.01. The Labute approximate surface area is 90.7 Å². The van der Waals surface area contributed by atoms with Crippen molar-refractivity contribution in [3.05, 3.63) is 0 Å². The van der Waals surface area contributed by atoms with E-state index in [1.807, 2.05) is 6.92 Å². The van der Waals surface area contributed by atoms with Crippen LogP contribution in [0.1, 0.15) is 45.4 Å². The van der Waals surface area contributed by atoms with Crippen molar-refractivity contribution in [3.8, 4) is 0 Å². The average molecular weight is 215 g/mol. The summed E-state index contributed by atoms with van der Waals surface area (Å²) >= 11 is 0. The molecule has 0 spiro atoms. The molecule has 0 bridgehead atoms. The summed E-state index contributed by atoms with van der Waals surface area (Å²) in [7, 11) is 0. The van der Waals surface area contributed by atoms with Crippen molar-refractivity contribution in [2.24, 2.45) is 0 Å². The molecule has 0 aromatic carbocycles. The highest BCUT2D eigenvalue weighted by Crippen LogP contribution is 2.19. The summed E-state index contributed by atoms with van der Waals surface area (Å²) in [6, 6.07) is 0.707. The number of hydrogen-bond donors (Lipinski definition) is 3. The fourth-order valence-corrected chi connectivity index (χ4v) is 2.07. The van der Waals surface area contributed by atoms with E-state index in [2.05, 4.69) is 5.32 Å². The molecule has 1 fully saturated rings. The molecule has 1 atom stereocenters. The lowest BCUT2D eigenvalue weighted by Crippen LogP contribution is -2.40. The molecule has 88 valence electrons. The van der Waals surface area contributed by atoms with Gasteiger partial charge in [-0.3, -0.25) is 4.79 Å². The van der Waals surface area contributed by atoms with Gasteiger partial charge in [-0.2, -0.15) is 0 Å². The normalized spacial score (nSPS) is 28.7. The first-order valence-electron chi connectivity index (χ1n) is 5.74. The summed E-state index contributed by atoms with van der Waals surface area (Å²) in [5, 5.41) is 21.3. The van der Waals surface area contributed by atoms with Crippen molar-refractivity contribution >= 4 is 5.97 Å². The fourth-order valence-electron chi connectivity index (χ4n) is 2.07. The Hall–Kier alpha value is -0.610. The number of rotatable bonds is 5. The first-order chi connectivity index (χ1) is 7.08. The molecule has 4 heteroatoms. The van der Waals surface area contributed by atoms with E-state index in [0.29, 0.717) is 12.5 Å². The summed E-state index contributed by atoms with van der Waals surface area (Å²) in [4.78, 5) is 10.4. The first kappa shape index (κ1) is 12.5. The minimum absolute atomic E-state index is 0.127. The highest BCUT2D eigenvalue weighted by molar-refractivity contribution is 5.66. The Balaban J connectivity index is 2.14. The number of aliphatic hydroxyl groups is 1. The predicted molar refractivity (Wildman–Crippen MR) is 57.7 cm³/mol. The molecular weight excluding hydrogens is 194 g/mol. The van der Waals surface area contributed by atoms with Crippen molar-refractivity contribution in [1.29, 1.82) is 0 Å². The van der Waals surface area contributed by atoms with Gasteiger partial charge in [0.15, 0.2) is 0 Å². The smallest absolute Gasteiger partial charge is 0.303 e. The van der Waals surface area contributed by atoms with Gasteiger partial charge in [-0.1, -0.05) is 0 Å². The van der Waals surface area contributed by atoms with Crippen LogP contribution in [0.5, 0.6) is 0 Å². The molecule has 1 aliphatic rings. The maximum absolute atomic E-state index is 10.4. The van der Waals surface area contributed by atoms with Crippen LogP contribution in [0.25, 0.3) is 0 Å². The molecule has 0 saturated heterocycles. The van der Waals surface area contributed by atoms with Crippen molar-refractivity contribution in [3.63, 3.8) is 0 Å².